The number of rotatable bonds is 5. The minimum atomic E-state index is -4.21. The Hall–Kier alpha value is -2.07. The van der Waals surface area contributed by atoms with Crippen LogP contribution in [0.1, 0.15) is 11.5 Å². The topological polar surface area (TPSA) is 49.0 Å². The van der Waals surface area contributed by atoms with Crippen molar-refractivity contribution in [1.29, 1.82) is 5.26 Å². The lowest BCUT2D eigenvalue weighted by molar-refractivity contribution is -0.105. The van der Waals surface area contributed by atoms with Crippen LogP contribution in [-0.2, 0) is 6.54 Å². The molecular weight excluding hydrogens is 301 g/mol. The van der Waals surface area contributed by atoms with Gasteiger partial charge in [0.05, 0.1) is 12.3 Å². The third-order valence-electron chi connectivity index (χ3n) is 2.50. The van der Waals surface area contributed by atoms with Crippen molar-refractivity contribution in [2.45, 2.75) is 17.6 Å². The molecule has 0 amide bonds. The van der Waals surface area contributed by atoms with E-state index in [-0.39, 0.29) is 5.76 Å². The summed E-state index contributed by atoms with van der Waals surface area (Å²) in [6.45, 7) is 0.297. The Morgan fingerprint density at radius 3 is 2.62 bits per heavy atom. The zero-order chi connectivity index (χ0) is 15.3. The van der Waals surface area contributed by atoms with Gasteiger partial charge < -0.3 is 9.73 Å². The molecule has 0 spiro atoms. The Balaban J connectivity index is 2.01. The predicted molar refractivity (Wildman–Crippen MR) is 74.0 cm³/mol. The summed E-state index contributed by atoms with van der Waals surface area (Å²) in [7, 11) is 0. The van der Waals surface area contributed by atoms with E-state index in [1.165, 1.54) is 0 Å². The van der Waals surface area contributed by atoms with Crippen LogP contribution < -0.4 is 5.32 Å². The maximum atomic E-state index is 12.3. The number of para-hydroxylation sites is 1. The lowest BCUT2D eigenvalue weighted by atomic mass is 10.3. The van der Waals surface area contributed by atoms with Crippen molar-refractivity contribution >= 4 is 17.4 Å². The van der Waals surface area contributed by atoms with Crippen LogP contribution in [0, 0.1) is 11.3 Å². The van der Waals surface area contributed by atoms with Gasteiger partial charge in [0.25, 0.3) is 0 Å². The molecule has 0 saturated carbocycles. The van der Waals surface area contributed by atoms with E-state index in [0.717, 1.165) is 11.8 Å². The number of benzene rings is 1. The first-order chi connectivity index (χ1) is 9.98. The number of nitriles is 1. The van der Waals surface area contributed by atoms with Gasteiger partial charge in [-0.25, -0.2) is 0 Å². The van der Waals surface area contributed by atoms with Crippen LogP contribution in [0.25, 0.3) is 0 Å². The Labute approximate surface area is 123 Å². The van der Waals surface area contributed by atoms with Gasteiger partial charge in [0.2, 0.25) is 5.76 Å². The predicted octanol–water partition coefficient (Wildman–Crippen LogP) is 4.42. The fourth-order valence-electron chi connectivity index (χ4n) is 1.61. The molecule has 0 unspecified atom stereocenters. The Kier molecular flexibility index (Phi) is 4.81. The van der Waals surface area contributed by atoms with Crippen molar-refractivity contribution < 1.29 is 17.6 Å². The third kappa shape index (κ3) is 4.76. The summed E-state index contributed by atoms with van der Waals surface area (Å²) >= 11 is 0.728. The highest BCUT2D eigenvalue weighted by Gasteiger charge is 2.27. The van der Waals surface area contributed by atoms with E-state index in [9.17, 15) is 13.2 Å². The number of furan rings is 1. The zero-order valence-corrected chi connectivity index (χ0v) is 11.6. The fourth-order valence-corrected chi connectivity index (χ4v) is 2.40. The monoisotopic (exact) mass is 312 g/mol. The van der Waals surface area contributed by atoms with Crippen LogP contribution >= 0.6 is 11.8 Å². The molecule has 2 rings (SSSR count). The average Bonchev–Trinajstić information content (AvgIpc) is 2.91. The molecule has 0 aliphatic carbocycles. The lowest BCUT2D eigenvalue weighted by Gasteiger charge is -2.11. The van der Waals surface area contributed by atoms with Gasteiger partial charge in [-0.15, -0.1) is 11.8 Å². The third-order valence-corrected chi connectivity index (χ3v) is 3.64. The summed E-state index contributed by atoms with van der Waals surface area (Å²) in [5, 5.41) is 11.7. The molecule has 110 valence electrons. The van der Waals surface area contributed by atoms with E-state index in [2.05, 4.69) is 5.32 Å². The molecule has 0 bridgehead atoms. The van der Waals surface area contributed by atoms with Gasteiger partial charge >= 0.3 is 6.18 Å². The molecule has 1 aromatic carbocycles. The molecule has 0 fully saturated rings. The Morgan fingerprint density at radius 1 is 1.19 bits per heavy atom. The molecule has 0 saturated heterocycles. The molecule has 0 radical (unpaired) electrons. The summed E-state index contributed by atoms with van der Waals surface area (Å²) in [6, 6.07) is 11.8. The minimum absolute atomic E-state index is 0.200. The number of halogens is 3. The van der Waals surface area contributed by atoms with Crippen LogP contribution in [0.4, 0.5) is 18.9 Å². The van der Waals surface area contributed by atoms with E-state index in [0.29, 0.717) is 22.9 Å². The molecular formula is C14H11F3N2OS. The molecule has 0 aliphatic rings. The quantitative estimate of drug-likeness (QED) is 0.830. The number of nitrogens with one attached hydrogen (secondary N) is 1. The largest absolute Gasteiger partial charge is 0.449 e. The van der Waals surface area contributed by atoms with Crippen LogP contribution in [0.5, 0.6) is 0 Å². The number of hydrogen-bond acceptors (Lipinski definition) is 4. The van der Waals surface area contributed by atoms with Crippen LogP contribution in [0.2, 0.25) is 0 Å². The molecule has 0 atom stereocenters. The van der Waals surface area contributed by atoms with E-state index >= 15 is 0 Å². The standard InChI is InChI=1S/C14H11F3N2OS/c15-14(16,17)9-21-13-4-2-1-3-12(13)19-8-11-6-5-10(7-18)20-11/h1-6,19H,8-9H2. The molecule has 3 nitrogen and oxygen atoms in total. The van der Waals surface area contributed by atoms with E-state index in [4.69, 9.17) is 9.68 Å². The van der Waals surface area contributed by atoms with Crippen molar-refractivity contribution in [2.75, 3.05) is 11.1 Å². The maximum Gasteiger partial charge on any atom is 0.398 e. The second-order valence-electron chi connectivity index (χ2n) is 4.13. The summed E-state index contributed by atoms with van der Waals surface area (Å²) in [5.41, 5.74) is 0.599. The smallest absolute Gasteiger partial charge is 0.398 e. The second kappa shape index (κ2) is 6.59. The fraction of sp³-hybridized carbons (Fsp3) is 0.214. The number of nitrogens with zero attached hydrogens (tertiary/aromatic N) is 1. The van der Waals surface area contributed by atoms with Crippen molar-refractivity contribution in [3.63, 3.8) is 0 Å². The van der Waals surface area contributed by atoms with Crippen LogP contribution in [-0.4, -0.2) is 11.9 Å². The van der Waals surface area contributed by atoms with Crippen LogP contribution in [0.15, 0.2) is 45.7 Å². The molecule has 0 aliphatic heterocycles. The van der Waals surface area contributed by atoms with Crippen molar-refractivity contribution in [2.24, 2.45) is 0 Å². The van der Waals surface area contributed by atoms with E-state index < -0.39 is 11.9 Å². The highest BCUT2D eigenvalue weighted by molar-refractivity contribution is 7.99. The highest BCUT2D eigenvalue weighted by atomic mass is 32.2. The first-order valence-corrected chi connectivity index (χ1v) is 6.98. The first kappa shape index (κ1) is 15.3. The number of anilines is 1. The van der Waals surface area contributed by atoms with Gasteiger partial charge in [-0.2, -0.15) is 18.4 Å². The zero-order valence-electron chi connectivity index (χ0n) is 10.8. The number of hydrogen-bond donors (Lipinski definition) is 1. The molecule has 1 N–H and O–H groups in total. The van der Waals surface area contributed by atoms with Gasteiger partial charge in [-0.1, -0.05) is 12.1 Å². The second-order valence-corrected chi connectivity index (χ2v) is 5.15. The Bertz CT molecular complexity index is 646. The molecule has 7 heteroatoms. The average molecular weight is 312 g/mol. The SMILES string of the molecule is N#Cc1ccc(CNc2ccccc2SCC(F)(F)F)o1. The molecule has 1 aromatic heterocycles. The van der Waals surface area contributed by atoms with Gasteiger partial charge in [0.15, 0.2) is 0 Å². The Morgan fingerprint density at radius 2 is 1.95 bits per heavy atom. The van der Waals surface area contributed by atoms with Crippen molar-refractivity contribution in [3.8, 4) is 6.07 Å². The van der Waals surface area contributed by atoms with Crippen molar-refractivity contribution in [3.05, 3.63) is 47.9 Å². The lowest BCUT2D eigenvalue weighted by Crippen LogP contribution is -2.11. The molecule has 1 heterocycles. The normalized spacial score (nSPS) is 11.1. The highest BCUT2D eigenvalue weighted by Crippen LogP contribution is 2.32. The number of thioether (sulfide) groups is 1. The summed E-state index contributed by atoms with van der Waals surface area (Å²) < 4.78 is 42.0. The van der Waals surface area contributed by atoms with Gasteiger partial charge in [0, 0.05) is 10.6 Å². The summed E-state index contributed by atoms with van der Waals surface area (Å²) in [4.78, 5) is 0.516. The van der Waals surface area contributed by atoms with E-state index in [1.54, 1.807) is 36.4 Å². The van der Waals surface area contributed by atoms with Gasteiger partial charge in [-0.05, 0) is 24.3 Å². The van der Waals surface area contributed by atoms with Gasteiger partial charge in [0.1, 0.15) is 11.8 Å². The molecule has 2 aromatic rings. The minimum Gasteiger partial charge on any atom is -0.449 e. The number of alkyl halides is 3. The van der Waals surface area contributed by atoms with E-state index in [1.807, 2.05) is 6.07 Å². The molecule has 21 heavy (non-hydrogen) atoms. The maximum absolute atomic E-state index is 12.3. The summed E-state index contributed by atoms with van der Waals surface area (Å²) in [5.74, 6) is -0.195. The van der Waals surface area contributed by atoms with Crippen molar-refractivity contribution in [1.82, 2.24) is 0 Å². The van der Waals surface area contributed by atoms with Gasteiger partial charge in [-0.3, -0.25) is 0 Å². The van der Waals surface area contributed by atoms with Crippen LogP contribution in [0.3, 0.4) is 0 Å². The first-order valence-electron chi connectivity index (χ1n) is 5.99. The summed E-state index contributed by atoms with van der Waals surface area (Å²) in [6.07, 6.45) is -4.21.